The van der Waals surface area contributed by atoms with Gasteiger partial charge in [-0.05, 0) is 37.1 Å². The summed E-state index contributed by atoms with van der Waals surface area (Å²) in [6.07, 6.45) is 3.08. The van der Waals surface area contributed by atoms with Crippen LogP contribution in [0.1, 0.15) is 25.3 Å². The molecule has 0 radical (unpaired) electrons. The lowest BCUT2D eigenvalue weighted by molar-refractivity contribution is 0.0255. The van der Waals surface area contributed by atoms with E-state index in [4.69, 9.17) is 15.2 Å². The monoisotopic (exact) mass is 313 g/mol. The van der Waals surface area contributed by atoms with Gasteiger partial charge in [-0.15, -0.1) is 0 Å². The first-order valence-electron chi connectivity index (χ1n) is 6.43. The maximum Gasteiger partial charge on any atom is 0.120 e. The van der Waals surface area contributed by atoms with Crippen molar-refractivity contribution in [2.45, 2.75) is 38.3 Å². The van der Waals surface area contributed by atoms with Crippen molar-refractivity contribution in [3.63, 3.8) is 0 Å². The van der Waals surface area contributed by atoms with Gasteiger partial charge in [0.15, 0.2) is 0 Å². The quantitative estimate of drug-likeness (QED) is 0.929. The zero-order chi connectivity index (χ0) is 13.0. The third-order valence-corrected chi connectivity index (χ3v) is 3.80. The summed E-state index contributed by atoms with van der Waals surface area (Å²) in [5.74, 6) is 0.931. The van der Waals surface area contributed by atoms with Crippen molar-refractivity contribution in [1.82, 2.24) is 0 Å². The molecule has 0 aliphatic carbocycles. The van der Waals surface area contributed by atoms with E-state index in [-0.39, 0.29) is 12.1 Å². The van der Waals surface area contributed by atoms with Crippen LogP contribution in [0, 0.1) is 0 Å². The normalized spacial score (nSPS) is 18.6. The molecule has 0 spiro atoms. The fourth-order valence-electron chi connectivity index (χ4n) is 2.11. The molecule has 1 aromatic carbocycles. The molecule has 1 heterocycles. The minimum Gasteiger partial charge on any atom is -0.490 e. The van der Waals surface area contributed by atoms with Gasteiger partial charge >= 0.3 is 0 Å². The van der Waals surface area contributed by atoms with Crippen LogP contribution >= 0.6 is 15.9 Å². The molecule has 1 unspecified atom stereocenters. The van der Waals surface area contributed by atoms with Crippen molar-refractivity contribution >= 4 is 15.9 Å². The van der Waals surface area contributed by atoms with E-state index < -0.39 is 0 Å². The Balaban J connectivity index is 2.03. The second kappa shape index (κ2) is 6.55. The molecule has 1 aliphatic rings. The topological polar surface area (TPSA) is 44.5 Å². The Morgan fingerprint density at radius 1 is 1.44 bits per heavy atom. The van der Waals surface area contributed by atoms with Gasteiger partial charge in [-0.25, -0.2) is 0 Å². The number of benzene rings is 1. The first-order valence-corrected chi connectivity index (χ1v) is 7.23. The number of halogens is 1. The van der Waals surface area contributed by atoms with E-state index in [0.717, 1.165) is 42.7 Å². The number of hydrogen-bond donors (Lipinski definition) is 1. The predicted octanol–water partition coefficient (Wildman–Crippen LogP) is 2.90. The summed E-state index contributed by atoms with van der Waals surface area (Å²) in [4.78, 5) is 0. The fourth-order valence-corrected chi connectivity index (χ4v) is 2.52. The number of ether oxygens (including phenoxy) is 2. The first kappa shape index (κ1) is 13.8. The third-order valence-electron chi connectivity index (χ3n) is 3.03. The van der Waals surface area contributed by atoms with E-state index >= 15 is 0 Å². The van der Waals surface area contributed by atoms with Crippen LogP contribution in [0.3, 0.4) is 0 Å². The maximum atomic E-state index is 5.99. The molecule has 1 aliphatic heterocycles. The summed E-state index contributed by atoms with van der Waals surface area (Å²) >= 11 is 3.55. The van der Waals surface area contributed by atoms with E-state index in [9.17, 15) is 0 Å². The second-order valence-electron chi connectivity index (χ2n) is 4.86. The molecule has 18 heavy (non-hydrogen) atoms. The number of rotatable bonds is 4. The average Bonchev–Trinajstić information content (AvgIpc) is 2.34. The highest BCUT2D eigenvalue weighted by molar-refractivity contribution is 9.10. The van der Waals surface area contributed by atoms with Crippen molar-refractivity contribution in [2.24, 2.45) is 5.73 Å². The molecule has 2 N–H and O–H groups in total. The lowest BCUT2D eigenvalue weighted by Gasteiger charge is -2.23. The molecule has 3 nitrogen and oxygen atoms in total. The lowest BCUT2D eigenvalue weighted by Crippen LogP contribution is -2.26. The Labute approximate surface area is 117 Å². The maximum absolute atomic E-state index is 5.99. The Kier molecular flexibility index (Phi) is 5.03. The smallest absolute Gasteiger partial charge is 0.120 e. The summed E-state index contributed by atoms with van der Waals surface area (Å²) in [5, 5.41) is 0. The van der Waals surface area contributed by atoms with Crippen molar-refractivity contribution < 1.29 is 9.47 Å². The zero-order valence-electron chi connectivity index (χ0n) is 10.7. The first-order chi connectivity index (χ1) is 8.65. The molecule has 1 atom stereocenters. The van der Waals surface area contributed by atoms with Crippen LogP contribution in [0.25, 0.3) is 0 Å². The van der Waals surface area contributed by atoms with Crippen LogP contribution in [0.4, 0.5) is 0 Å². The van der Waals surface area contributed by atoms with Gasteiger partial charge in [0.25, 0.3) is 0 Å². The Bertz CT molecular complexity index is 389. The summed E-state index contributed by atoms with van der Waals surface area (Å²) in [7, 11) is 0. The Morgan fingerprint density at radius 2 is 2.17 bits per heavy atom. The third kappa shape index (κ3) is 3.97. The van der Waals surface area contributed by atoms with Crippen LogP contribution in [0.15, 0.2) is 22.7 Å². The molecule has 2 rings (SSSR count). The van der Waals surface area contributed by atoms with Gasteiger partial charge in [0.05, 0.1) is 13.2 Å². The molecule has 4 heteroatoms. The second-order valence-corrected chi connectivity index (χ2v) is 5.72. The number of hydrogen-bond acceptors (Lipinski definition) is 3. The van der Waals surface area contributed by atoms with Crippen LogP contribution in [-0.4, -0.2) is 25.4 Å². The molecule has 1 aromatic rings. The molecular weight excluding hydrogens is 294 g/mol. The molecule has 0 aromatic heterocycles. The molecule has 0 bridgehead atoms. The Hall–Kier alpha value is -0.580. The van der Waals surface area contributed by atoms with Gasteiger partial charge in [0.2, 0.25) is 0 Å². The van der Waals surface area contributed by atoms with Crippen LogP contribution < -0.4 is 10.5 Å². The highest BCUT2D eigenvalue weighted by Gasteiger charge is 2.15. The SMILES string of the molecule is CC(N)Cc1cc(OC2CCOCC2)ccc1Br. The molecule has 1 fully saturated rings. The van der Waals surface area contributed by atoms with Gasteiger partial charge in [-0.2, -0.15) is 0 Å². The molecule has 0 amide bonds. The van der Waals surface area contributed by atoms with E-state index in [1.807, 2.05) is 19.1 Å². The van der Waals surface area contributed by atoms with Crippen molar-refractivity contribution in [2.75, 3.05) is 13.2 Å². The highest BCUT2D eigenvalue weighted by atomic mass is 79.9. The van der Waals surface area contributed by atoms with Gasteiger partial charge < -0.3 is 15.2 Å². The van der Waals surface area contributed by atoms with E-state index in [0.29, 0.717) is 0 Å². The van der Waals surface area contributed by atoms with Gasteiger partial charge in [-0.3, -0.25) is 0 Å². The predicted molar refractivity (Wildman–Crippen MR) is 76.0 cm³/mol. The molecule has 1 saturated heterocycles. The minimum absolute atomic E-state index is 0.152. The average molecular weight is 314 g/mol. The Morgan fingerprint density at radius 3 is 2.83 bits per heavy atom. The van der Waals surface area contributed by atoms with E-state index in [1.165, 1.54) is 5.56 Å². The largest absolute Gasteiger partial charge is 0.490 e. The molecule has 100 valence electrons. The standard InChI is InChI=1S/C14H20BrNO2/c1-10(16)8-11-9-13(2-3-14(11)15)18-12-4-6-17-7-5-12/h2-3,9-10,12H,4-8,16H2,1H3. The van der Waals surface area contributed by atoms with Crippen molar-refractivity contribution in [1.29, 1.82) is 0 Å². The van der Waals surface area contributed by atoms with Gasteiger partial charge in [0, 0.05) is 23.4 Å². The van der Waals surface area contributed by atoms with Crippen molar-refractivity contribution in [3.05, 3.63) is 28.2 Å². The van der Waals surface area contributed by atoms with E-state index in [1.54, 1.807) is 0 Å². The molecule has 0 saturated carbocycles. The lowest BCUT2D eigenvalue weighted by atomic mass is 10.1. The van der Waals surface area contributed by atoms with E-state index in [2.05, 4.69) is 22.0 Å². The van der Waals surface area contributed by atoms with Gasteiger partial charge in [-0.1, -0.05) is 15.9 Å². The van der Waals surface area contributed by atoms with Crippen LogP contribution in [-0.2, 0) is 11.2 Å². The minimum atomic E-state index is 0.152. The summed E-state index contributed by atoms with van der Waals surface area (Å²) in [6, 6.07) is 6.28. The summed E-state index contributed by atoms with van der Waals surface area (Å²) < 4.78 is 12.4. The van der Waals surface area contributed by atoms with Gasteiger partial charge in [0.1, 0.15) is 11.9 Å². The number of nitrogens with two attached hydrogens (primary N) is 1. The fraction of sp³-hybridized carbons (Fsp3) is 0.571. The summed E-state index contributed by atoms with van der Waals surface area (Å²) in [6.45, 7) is 3.61. The zero-order valence-corrected chi connectivity index (χ0v) is 12.3. The van der Waals surface area contributed by atoms with Crippen LogP contribution in [0.2, 0.25) is 0 Å². The van der Waals surface area contributed by atoms with Crippen LogP contribution in [0.5, 0.6) is 5.75 Å². The summed E-state index contributed by atoms with van der Waals surface area (Å²) in [5.41, 5.74) is 7.05. The highest BCUT2D eigenvalue weighted by Crippen LogP contribution is 2.25. The molecular formula is C14H20BrNO2. The van der Waals surface area contributed by atoms with Crippen molar-refractivity contribution in [3.8, 4) is 5.75 Å².